The summed E-state index contributed by atoms with van der Waals surface area (Å²) in [6.07, 6.45) is 14.8. The van der Waals surface area contributed by atoms with E-state index in [-0.39, 0.29) is 5.60 Å². The molecule has 18 heavy (non-hydrogen) atoms. The van der Waals surface area contributed by atoms with Gasteiger partial charge in [-0.05, 0) is 50.4 Å². The summed E-state index contributed by atoms with van der Waals surface area (Å²) in [5.41, 5.74) is 6.45. The molecule has 2 aliphatic carbocycles. The second kappa shape index (κ2) is 5.50. The van der Waals surface area contributed by atoms with Crippen molar-refractivity contribution in [3.8, 4) is 0 Å². The van der Waals surface area contributed by atoms with E-state index in [0.29, 0.717) is 6.04 Å². The molecular weight excluding hydrogens is 222 g/mol. The van der Waals surface area contributed by atoms with Crippen molar-refractivity contribution in [2.75, 3.05) is 6.61 Å². The van der Waals surface area contributed by atoms with Crippen LogP contribution in [0.15, 0.2) is 0 Å². The van der Waals surface area contributed by atoms with Crippen molar-refractivity contribution in [1.82, 2.24) is 0 Å². The Morgan fingerprint density at radius 3 is 2.50 bits per heavy atom. The molecular formula is C16H29NO. The molecule has 0 aromatic carbocycles. The minimum Gasteiger partial charge on any atom is -0.375 e. The summed E-state index contributed by atoms with van der Waals surface area (Å²) in [4.78, 5) is 0. The van der Waals surface area contributed by atoms with Gasteiger partial charge in [-0.1, -0.05) is 32.1 Å². The fraction of sp³-hybridized carbons (Fsp3) is 1.00. The molecule has 2 heteroatoms. The third-order valence-electron chi connectivity index (χ3n) is 5.72. The van der Waals surface area contributed by atoms with Gasteiger partial charge in [0.1, 0.15) is 0 Å². The van der Waals surface area contributed by atoms with E-state index < -0.39 is 0 Å². The summed E-state index contributed by atoms with van der Waals surface area (Å²) in [7, 11) is 0. The molecule has 1 aliphatic heterocycles. The predicted octanol–water partition coefficient (Wildman–Crippen LogP) is 3.63. The summed E-state index contributed by atoms with van der Waals surface area (Å²) in [6.45, 7) is 1.01. The second-order valence-electron chi connectivity index (χ2n) is 7.03. The summed E-state index contributed by atoms with van der Waals surface area (Å²) >= 11 is 0. The van der Waals surface area contributed by atoms with E-state index in [2.05, 4.69) is 0 Å². The highest BCUT2D eigenvalue weighted by Crippen LogP contribution is 2.45. The molecule has 3 unspecified atom stereocenters. The maximum atomic E-state index is 6.22. The van der Waals surface area contributed by atoms with Crippen LogP contribution in [0.5, 0.6) is 0 Å². The van der Waals surface area contributed by atoms with Gasteiger partial charge in [0.25, 0.3) is 0 Å². The van der Waals surface area contributed by atoms with Crippen LogP contribution in [-0.4, -0.2) is 18.2 Å². The van der Waals surface area contributed by atoms with E-state index in [1.54, 1.807) is 0 Å². The van der Waals surface area contributed by atoms with E-state index in [1.807, 2.05) is 0 Å². The summed E-state index contributed by atoms with van der Waals surface area (Å²) < 4.78 is 6.22. The molecule has 1 heterocycles. The van der Waals surface area contributed by atoms with Gasteiger partial charge in [-0.3, -0.25) is 0 Å². The van der Waals surface area contributed by atoms with Crippen molar-refractivity contribution in [3.63, 3.8) is 0 Å². The van der Waals surface area contributed by atoms with Gasteiger partial charge in [0, 0.05) is 12.6 Å². The highest BCUT2D eigenvalue weighted by Gasteiger charge is 2.41. The van der Waals surface area contributed by atoms with Crippen LogP contribution in [0, 0.1) is 11.8 Å². The number of ether oxygens (including phenoxy) is 1. The molecule has 1 spiro atoms. The highest BCUT2D eigenvalue weighted by molar-refractivity contribution is 4.92. The van der Waals surface area contributed by atoms with Gasteiger partial charge in [0.2, 0.25) is 0 Å². The average Bonchev–Trinajstić information content (AvgIpc) is 2.40. The lowest BCUT2D eigenvalue weighted by Crippen LogP contribution is -2.44. The Kier molecular flexibility index (Phi) is 3.95. The monoisotopic (exact) mass is 251 g/mol. The van der Waals surface area contributed by atoms with Crippen LogP contribution >= 0.6 is 0 Å². The van der Waals surface area contributed by atoms with Gasteiger partial charge in [-0.2, -0.15) is 0 Å². The van der Waals surface area contributed by atoms with Crippen molar-refractivity contribution >= 4 is 0 Å². The summed E-state index contributed by atoms with van der Waals surface area (Å²) in [5, 5.41) is 0. The van der Waals surface area contributed by atoms with Gasteiger partial charge >= 0.3 is 0 Å². The minimum absolute atomic E-state index is 0.280. The lowest BCUT2D eigenvalue weighted by molar-refractivity contribution is -0.127. The highest BCUT2D eigenvalue weighted by atomic mass is 16.5. The number of rotatable bonds is 1. The zero-order chi connectivity index (χ0) is 12.4. The van der Waals surface area contributed by atoms with Crippen molar-refractivity contribution < 1.29 is 4.74 Å². The standard InChI is InChI=1S/C16H29NO/c17-15-6-4-5-13(11-15)14-7-10-18-16(12-14)8-2-1-3-9-16/h13-15H,1-12,17H2. The number of hydrogen-bond donors (Lipinski definition) is 1. The lowest BCUT2D eigenvalue weighted by atomic mass is 9.68. The van der Waals surface area contributed by atoms with Crippen LogP contribution in [-0.2, 0) is 4.74 Å². The molecule has 3 aliphatic rings. The minimum atomic E-state index is 0.280. The van der Waals surface area contributed by atoms with Crippen LogP contribution in [0.3, 0.4) is 0 Å². The molecule has 0 amide bonds. The summed E-state index contributed by atoms with van der Waals surface area (Å²) in [5.74, 6) is 1.81. The first kappa shape index (κ1) is 12.9. The molecule has 0 radical (unpaired) electrons. The number of hydrogen-bond acceptors (Lipinski definition) is 2. The Bertz CT molecular complexity index is 267. The maximum Gasteiger partial charge on any atom is 0.0685 e. The van der Waals surface area contributed by atoms with Gasteiger partial charge in [0.15, 0.2) is 0 Å². The third-order valence-corrected chi connectivity index (χ3v) is 5.72. The second-order valence-corrected chi connectivity index (χ2v) is 7.03. The van der Waals surface area contributed by atoms with E-state index in [0.717, 1.165) is 18.4 Å². The van der Waals surface area contributed by atoms with Crippen molar-refractivity contribution in [3.05, 3.63) is 0 Å². The van der Waals surface area contributed by atoms with Gasteiger partial charge in [0.05, 0.1) is 5.60 Å². The molecule has 0 aromatic rings. The Labute approximate surface area is 112 Å². The SMILES string of the molecule is NC1CCCC(C2CCOC3(CCCCC3)C2)C1. The summed E-state index contributed by atoms with van der Waals surface area (Å²) in [6, 6.07) is 0.480. The fourth-order valence-electron chi connectivity index (χ4n) is 4.71. The van der Waals surface area contributed by atoms with Crippen molar-refractivity contribution in [2.24, 2.45) is 17.6 Å². The zero-order valence-electron chi connectivity index (χ0n) is 11.7. The van der Waals surface area contributed by atoms with E-state index in [1.165, 1.54) is 70.6 Å². The Balaban J connectivity index is 1.62. The first-order chi connectivity index (χ1) is 8.77. The van der Waals surface area contributed by atoms with Crippen LogP contribution in [0.1, 0.15) is 70.6 Å². The first-order valence-corrected chi connectivity index (χ1v) is 8.17. The normalized spacial score (nSPS) is 40.8. The molecule has 3 atom stereocenters. The predicted molar refractivity (Wildman–Crippen MR) is 74.4 cm³/mol. The lowest BCUT2D eigenvalue weighted by Gasteiger charge is -2.46. The van der Waals surface area contributed by atoms with E-state index in [4.69, 9.17) is 10.5 Å². The molecule has 0 aromatic heterocycles. The van der Waals surface area contributed by atoms with Gasteiger partial charge < -0.3 is 10.5 Å². The topological polar surface area (TPSA) is 35.2 Å². The molecule has 1 saturated heterocycles. The third kappa shape index (κ3) is 2.75. The fourth-order valence-corrected chi connectivity index (χ4v) is 4.71. The maximum absolute atomic E-state index is 6.22. The number of nitrogens with two attached hydrogens (primary N) is 1. The Hall–Kier alpha value is -0.0800. The largest absolute Gasteiger partial charge is 0.375 e. The van der Waals surface area contributed by atoms with E-state index in [9.17, 15) is 0 Å². The Morgan fingerprint density at radius 1 is 0.889 bits per heavy atom. The molecule has 3 rings (SSSR count). The van der Waals surface area contributed by atoms with Crippen LogP contribution in [0.2, 0.25) is 0 Å². The van der Waals surface area contributed by atoms with Gasteiger partial charge in [-0.15, -0.1) is 0 Å². The van der Waals surface area contributed by atoms with Crippen LogP contribution < -0.4 is 5.73 Å². The van der Waals surface area contributed by atoms with Crippen molar-refractivity contribution in [2.45, 2.75) is 82.3 Å². The molecule has 2 N–H and O–H groups in total. The first-order valence-electron chi connectivity index (χ1n) is 8.17. The Morgan fingerprint density at radius 2 is 1.72 bits per heavy atom. The average molecular weight is 251 g/mol. The molecule has 2 nitrogen and oxygen atoms in total. The van der Waals surface area contributed by atoms with E-state index >= 15 is 0 Å². The van der Waals surface area contributed by atoms with Crippen LogP contribution in [0.4, 0.5) is 0 Å². The molecule has 104 valence electrons. The van der Waals surface area contributed by atoms with Crippen LogP contribution in [0.25, 0.3) is 0 Å². The van der Waals surface area contributed by atoms with Gasteiger partial charge in [-0.25, -0.2) is 0 Å². The smallest absolute Gasteiger partial charge is 0.0685 e. The van der Waals surface area contributed by atoms with Crippen molar-refractivity contribution in [1.29, 1.82) is 0 Å². The molecule has 0 bridgehead atoms. The molecule has 3 fully saturated rings. The quantitative estimate of drug-likeness (QED) is 0.772. The zero-order valence-corrected chi connectivity index (χ0v) is 11.7. The molecule has 2 saturated carbocycles.